The highest BCUT2D eigenvalue weighted by atomic mass is 35.5. The van der Waals surface area contributed by atoms with E-state index in [0.717, 1.165) is 5.69 Å². The van der Waals surface area contributed by atoms with Crippen LogP contribution in [0.3, 0.4) is 0 Å². The second kappa shape index (κ2) is 7.69. The van der Waals surface area contributed by atoms with Crippen LogP contribution in [0.25, 0.3) is 0 Å². The number of halogens is 1. The molecule has 2 aromatic rings. The molecule has 0 bridgehead atoms. The van der Waals surface area contributed by atoms with Crippen molar-refractivity contribution in [3.05, 3.63) is 47.4 Å². The van der Waals surface area contributed by atoms with Gasteiger partial charge in [-0.25, -0.2) is 18.4 Å². The number of carbonyl (C=O) groups is 1. The molecular formula is C17H19ClN4O3S. The number of hydrogen-bond donors (Lipinski definition) is 1. The Morgan fingerprint density at radius 2 is 2.12 bits per heavy atom. The summed E-state index contributed by atoms with van der Waals surface area (Å²) in [5.41, 5.74) is 0.797. The molecule has 0 aromatic carbocycles. The Labute approximate surface area is 157 Å². The Hall–Kier alpha value is -2.03. The Kier molecular flexibility index (Phi) is 5.55. The molecule has 1 fully saturated rings. The molecule has 1 atom stereocenters. The number of piperidine rings is 1. The molecule has 9 heteroatoms. The molecule has 1 aliphatic heterocycles. The second-order valence-electron chi connectivity index (χ2n) is 6.17. The van der Waals surface area contributed by atoms with E-state index in [2.05, 4.69) is 15.3 Å². The fourth-order valence-electron chi connectivity index (χ4n) is 2.88. The highest BCUT2D eigenvalue weighted by Crippen LogP contribution is 2.24. The standard InChI is InChI=1S/C17H19ClN4O3S/c1-12-4-2-6-16(20-12)21-17(23)13-5-3-9-22(11-13)26(24,25)14-7-8-15(18)19-10-14/h2,4,6-8,10,13H,3,5,9,11H2,1H3,(H,20,21,23). The number of pyridine rings is 2. The van der Waals surface area contributed by atoms with Crippen LogP contribution in [0.5, 0.6) is 0 Å². The lowest BCUT2D eigenvalue weighted by atomic mass is 9.99. The topological polar surface area (TPSA) is 92.3 Å². The summed E-state index contributed by atoms with van der Waals surface area (Å²) in [4.78, 5) is 20.7. The molecular weight excluding hydrogens is 376 g/mol. The van der Waals surface area contributed by atoms with Gasteiger partial charge in [0, 0.05) is 25.0 Å². The first-order valence-corrected chi connectivity index (χ1v) is 10.0. The SMILES string of the molecule is Cc1cccc(NC(=O)C2CCCN(S(=O)(=O)c3ccc(Cl)nc3)C2)n1. The molecule has 138 valence electrons. The molecule has 0 aliphatic carbocycles. The van der Waals surface area contributed by atoms with E-state index >= 15 is 0 Å². The summed E-state index contributed by atoms with van der Waals surface area (Å²) in [7, 11) is -3.71. The van der Waals surface area contributed by atoms with Crippen LogP contribution in [0, 0.1) is 12.8 Å². The normalized spacial score (nSPS) is 18.5. The molecule has 2 aromatic heterocycles. The Morgan fingerprint density at radius 1 is 1.31 bits per heavy atom. The number of aromatic nitrogens is 2. The first kappa shape index (κ1) is 18.8. The molecule has 3 heterocycles. The van der Waals surface area contributed by atoms with E-state index in [1.165, 1.54) is 22.6 Å². The number of hydrogen-bond acceptors (Lipinski definition) is 5. The zero-order valence-electron chi connectivity index (χ0n) is 14.2. The summed E-state index contributed by atoms with van der Waals surface area (Å²) in [5, 5.41) is 3.00. The lowest BCUT2D eigenvalue weighted by Gasteiger charge is -2.31. The molecule has 1 unspecified atom stereocenters. The van der Waals surface area contributed by atoms with Gasteiger partial charge in [0.1, 0.15) is 15.9 Å². The third-order valence-corrected chi connectivity index (χ3v) is 6.30. The van der Waals surface area contributed by atoms with Gasteiger partial charge in [-0.2, -0.15) is 4.31 Å². The number of nitrogens with one attached hydrogen (secondary N) is 1. The van der Waals surface area contributed by atoms with Crippen LogP contribution in [0.2, 0.25) is 5.15 Å². The molecule has 26 heavy (non-hydrogen) atoms. The van der Waals surface area contributed by atoms with Crippen LogP contribution >= 0.6 is 11.6 Å². The maximum Gasteiger partial charge on any atom is 0.244 e. The van der Waals surface area contributed by atoms with Crippen LogP contribution in [-0.4, -0.2) is 41.7 Å². The third-order valence-electron chi connectivity index (χ3n) is 4.23. The first-order valence-electron chi connectivity index (χ1n) is 8.22. The molecule has 1 N–H and O–H groups in total. The van der Waals surface area contributed by atoms with Crippen molar-refractivity contribution < 1.29 is 13.2 Å². The van der Waals surface area contributed by atoms with Gasteiger partial charge in [-0.3, -0.25) is 4.79 Å². The van der Waals surface area contributed by atoms with Crippen molar-refractivity contribution in [2.75, 3.05) is 18.4 Å². The van der Waals surface area contributed by atoms with E-state index in [4.69, 9.17) is 11.6 Å². The molecule has 3 rings (SSSR count). The minimum Gasteiger partial charge on any atom is -0.310 e. The van der Waals surface area contributed by atoms with E-state index in [9.17, 15) is 13.2 Å². The predicted molar refractivity (Wildman–Crippen MR) is 98.3 cm³/mol. The average molecular weight is 395 g/mol. The van der Waals surface area contributed by atoms with Gasteiger partial charge in [0.15, 0.2) is 0 Å². The van der Waals surface area contributed by atoms with Crippen molar-refractivity contribution >= 4 is 33.3 Å². The van der Waals surface area contributed by atoms with Crippen molar-refractivity contribution in [3.8, 4) is 0 Å². The fourth-order valence-corrected chi connectivity index (χ4v) is 4.46. The highest BCUT2D eigenvalue weighted by molar-refractivity contribution is 7.89. The van der Waals surface area contributed by atoms with E-state index in [-0.39, 0.29) is 22.5 Å². The van der Waals surface area contributed by atoms with Crippen LogP contribution in [0.1, 0.15) is 18.5 Å². The zero-order valence-corrected chi connectivity index (χ0v) is 15.8. The lowest BCUT2D eigenvalue weighted by Crippen LogP contribution is -2.43. The van der Waals surface area contributed by atoms with Crippen molar-refractivity contribution in [1.82, 2.24) is 14.3 Å². The Morgan fingerprint density at radius 3 is 2.81 bits per heavy atom. The molecule has 7 nitrogen and oxygen atoms in total. The number of amides is 1. The highest BCUT2D eigenvalue weighted by Gasteiger charge is 2.33. The van der Waals surface area contributed by atoms with Crippen molar-refractivity contribution in [1.29, 1.82) is 0 Å². The molecule has 1 aliphatic rings. The molecule has 1 saturated heterocycles. The van der Waals surface area contributed by atoms with Gasteiger partial charge in [0.05, 0.1) is 5.92 Å². The smallest absolute Gasteiger partial charge is 0.244 e. The number of nitrogens with zero attached hydrogens (tertiary/aromatic N) is 3. The molecule has 0 radical (unpaired) electrons. The summed E-state index contributed by atoms with van der Waals surface area (Å²) in [6.07, 6.45) is 2.47. The van der Waals surface area contributed by atoms with Gasteiger partial charge >= 0.3 is 0 Å². The number of carbonyl (C=O) groups excluding carboxylic acids is 1. The minimum atomic E-state index is -3.71. The predicted octanol–water partition coefficient (Wildman–Crippen LogP) is 2.48. The van der Waals surface area contributed by atoms with E-state index < -0.39 is 15.9 Å². The second-order valence-corrected chi connectivity index (χ2v) is 8.50. The molecule has 0 spiro atoms. The quantitative estimate of drug-likeness (QED) is 0.804. The number of sulfonamides is 1. The Balaban J connectivity index is 1.72. The van der Waals surface area contributed by atoms with Crippen LogP contribution in [0.15, 0.2) is 41.4 Å². The van der Waals surface area contributed by atoms with Gasteiger partial charge in [-0.05, 0) is 44.0 Å². The minimum absolute atomic E-state index is 0.0725. The monoisotopic (exact) mass is 394 g/mol. The van der Waals surface area contributed by atoms with Crippen LogP contribution < -0.4 is 5.32 Å². The largest absolute Gasteiger partial charge is 0.310 e. The van der Waals surface area contributed by atoms with Crippen molar-refractivity contribution in [3.63, 3.8) is 0 Å². The summed E-state index contributed by atoms with van der Waals surface area (Å²) in [6.45, 7) is 2.34. The van der Waals surface area contributed by atoms with E-state index in [1.807, 2.05) is 19.1 Å². The lowest BCUT2D eigenvalue weighted by molar-refractivity contribution is -0.120. The average Bonchev–Trinajstić information content (AvgIpc) is 2.62. The number of rotatable bonds is 4. The summed E-state index contributed by atoms with van der Waals surface area (Å²) in [5.74, 6) is -0.185. The Bertz CT molecular complexity index is 902. The van der Waals surface area contributed by atoms with E-state index in [0.29, 0.717) is 25.2 Å². The van der Waals surface area contributed by atoms with Gasteiger partial charge < -0.3 is 5.32 Å². The van der Waals surface area contributed by atoms with Crippen LogP contribution in [0.4, 0.5) is 5.82 Å². The number of anilines is 1. The molecule has 1 amide bonds. The van der Waals surface area contributed by atoms with Crippen molar-refractivity contribution in [2.24, 2.45) is 5.92 Å². The summed E-state index contributed by atoms with van der Waals surface area (Å²) < 4.78 is 26.9. The third kappa shape index (κ3) is 4.20. The summed E-state index contributed by atoms with van der Waals surface area (Å²) in [6, 6.07) is 8.21. The first-order chi connectivity index (χ1) is 12.4. The van der Waals surface area contributed by atoms with Gasteiger partial charge in [-0.15, -0.1) is 0 Å². The van der Waals surface area contributed by atoms with Gasteiger partial charge in [0.2, 0.25) is 15.9 Å². The zero-order chi connectivity index (χ0) is 18.7. The fraction of sp³-hybridized carbons (Fsp3) is 0.353. The maximum absolute atomic E-state index is 12.8. The van der Waals surface area contributed by atoms with Gasteiger partial charge in [0.25, 0.3) is 0 Å². The van der Waals surface area contributed by atoms with E-state index in [1.54, 1.807) is 6.07 Å². The van der Waals surface area contributed by atoms with Crippen molar-refractivity contribution in [2.45, 2.75) is 24.7 Å². The van der Waals surface area contributed by atoms with Crippen LogP contribution in [-0.2, 0) is 14.8 Å². The number of aryl methyl sites for hydroxylation is 1. The van der Waals surface area contributed by atoms with Gasteiger partial charge in [-0.1, -0.05) is 17.7 Å². The summed E-state index contributed by atoms with van der Waals surface area (Å²) >= 11 is 5.72. The maximum atomic E-state index is 12.8. The molecule has 0 saturated carbocycles.